The lowest BCUT2D eigenvalue weighted by Crippen LogP contribution is -2.59. The second-order valence-corrected chi connectivity index (χ2v) is 13.7. The Hall–Kier alpha value is 0.354. The zero-order valence-electron chi connectivity index (χ0n) is 7.39. The highest BCUT2D eigenvalue weighted by molar-refractivity contribution is 7.13. The predicted octanol–water partition coefficient (Wildman–Crippen LogP) is -0.956. The molecule has 0 heterocycles. The van der Waals surface area contributed by atoms with Crippen LogP contribution in [0.3, 0.4) is 0 Å². The molecule has 0 unspecified atom stereocenters. The molecule has 0 aromatic carbocycles. The Morgan fingerprint density at radius 1 is 1.00 bits per heavy atom. The van der Waals surface area contributed by atoms with Crippen LogP contribution in [0.5, 0.6) is 0 Å². The van der Waals surface area contributed by atoms with Crippen LogP contribution in [0.15, 0.2) is 0 Å². The van der Waals surface area contributed by atoms with Crippen molar-refractivity contribution in [3.63, 3.8) is 0 Å². The molecule has 0 rings (SSSR count). The first kappa shape index (κ1) is 9.35. The van der Waals surface area contributed by atoms with Gasteiger partial charge in [0.1, 0.15) is 0 Å². The van der Waals surface area contributed by atoms with Crippen molar-refractivity contribution in [3.8, 4) is 0 Å². The highest BCUT2D eigenvalue weighted by atomic mass is 29.2. The van der Waals surface area contributed by atoms with Crippen LogP contribution in [0.4, 0.5) is 0 Å². The first-order valence-corrected chi connectivity index (χ1v) is 9.13. The highest BCUT2D eigenvalue weighted by Crippen LogP contribution is 2.01. The number of rotatable bonds is 2. The van der Waals surface area contributed by atoms with Crippen molar-refractivity contribution in [2.45, 2.75) is 6.55 Å². The fourth-order valence-corrected chi connectivity index (χ4v) is 1.20. The molecule has 0 saturated heterocycles. The molecule has 0 saturated carbocycles. The van der Waals surface area contributed by atoms with Gasteiger partial charge in [0.15, 0.2) is 7.91 Å². The quantitative estimate of drug-likeness (QED) is 0.483. The van der Waals surface area contributed by atoms with E-state index in [1.807, 2.05) is 0 Å². The lowest BCUT2D eigenvalue weighted by atomic mass is 11.3. The van der Waals surface area contributed by atoms with E-state index in [-0.39, 0.29) is 0 Å². The Morgan fingerprint density at radius 3 is 1.22 bits per heavy atom. The fraction of sp³-hybridized carbons (Fsp3) is 1.00. The van der Waals surface area contributed by atoms with Crippen molar-refractivity contribution >= 4 is 17.7 Å². The normalized spacial score (nSPS) is 13.7. The van der Waals surface area contributed by atoms with Crippen LogP contribution in [0.2, 0.25) is 6.55 Å². The van der Waals surface area contributed by atoms with E-state index in [4.69, 9.17) is 0 Å². The first-order chi connectivity index (χ1) is 3.89. The summed E-state index contributed by atoms with van der Waals surface area (Å²) in [7, 11) is 8.97. The van der Waals surface area contributed by atoms with Crippen molar-refractivity contribution < 1.29 is 0 Å². The fourth-order valence-electron chi connectivity index (χ4n) is 0.400. The van der Waals surface area contributed by atoms with E-state index in [0.717, 1.165) is 0 Å². The highest BCUT2D eigenvalue weighted by Gasteiger charge is 2.25. The van der Waals surface area contributed by atoms with Gasteiger partial charge in [-0.3, -0.25) is 0 Å². The second kappa shape index (κ2) is 2.96. The molecule has 0 N–H and O–H groups in total. The molecule has 0 spiro atoms. The minimum Gasteiger partial charge on any atom is -0.320 e. The zero-order chi connectivity index (χ0) is 7.65. The van der Waals surface area contributed by atoms with Gasteiger partial charge in [0, 0.05) is 9.76 Å². The van der Waals surface area contributed by atoms with Crippen LogP contribution < -0.4 is 0 Å². The third kappa shape index (κ3) is 2.21. The van der Waals surface area contributed by atoms with Gasteiger partial charge in [-0.2, -0.15) is 0 Å². The van der Waals surface area contributed by atoms with Crippen LogP contribution in [0.25, 0.3) is 0 Å². The third-order valence-corrected chi connectivity index (χ3v) is 11.9. The Morgan fingerprint density at radius 2 is 1.22 bits per heavy atom. The molecule has 0 aromatic rings. The zero-order valence-corrected chi connectivity index (χ0v) is 10.4. The maximum Gasteiger partial charge on any atom is 0.176 e. The summed E-state index contributed by atoms with van der Waals surface area (Å²) in [6.07, 6.45) is 0. The second-order valence-electron chi connectivity index (χ2n) is 3.28. The molecule has 0 aromatic heterocycles. The SMILES string of the molecule is CN(C)[Si](C)([SiH3])N(C)C. The monoisotopic (exact) mass is 162 g/mol. The standard InChI is InChI=1S/C5H18N2Si2/c1-6(2)9(5,8)7(3)4/h1-5,8H3. The summed E-state index contributed by atoms with van der Waals surface area (Å²) in [5.74, 6) is 0. The van der Waals surface area contributed by atoms with E-state index in [9.17, 15) is 0 Å². The molecule has 0 aliphatic heterocycles. The number of nitrogens with zero attached hydrogens (tertiary/aromatic N) is 2. The van der Waals surface area contributed by atoms with Crippen LogP contribution in [0, 0.1) is 0 Å². The van der Waals surface area contributed by atoms with Crippen LogP contribution in [-0.4, -0.2) is 55.0 Å². The molecule has 0 fully saturated rings. The minimum absolute atomic E-state index is 1.05. The van der Waals surface area contributed by atoms with Crippen molar-refractivity contribution in [3.05, 3.63) is 0 Å². The average Bonchev–Trinajstić information content (AvgIpc) is 1.65. The van der Waals surface area contributed by atoms with E-state index in [2.05, 4.69) is 43.9 Å². The van der Waals surface area contributed by atoms with E-state index in [1.165, 1.54) is 9.76 Å². The van der Waals surface area contributed by atoms with Gasteiger partial charge < -0.3 is 9.13 Å². The van der Waals surface area contributed by atoms with Crippen molar-refractivity contribution in [2.24, 2.45) is 0 Å². The van der Waals surface area contributed by atoms with Crippen LogP contribution >= 0.6 is 0 Å². The van der Waals surface area contributed by atoms with Gasteiger partial charge in [-0.15, -0.1) is 0 Å². The average molecular weight is 162 g/mol. The topological polar surface area (TPSA) is 6.48 Å². The smallest absolute Gasteiger partial charge is 0.176 e. The third-order valence-electron chi connectivity index (χ3n) is 2.19. The van der Waals surface area contributed by atoms with Gasteiger partial charge in [0.25, 0.3) is 0 Å². The molecule has 0 radical (unpaired) electrons. The molecule has 0 atom stereocenters. The van der Waals surface area contributed by atoms with Crippen molar-refractivity contribution in [2.75, 3.05) is 28.2 Å². The van der Waals surface area contributed by atoms with Gasteiger partial charge in [0.05, 0.1) is 0 Å². The molecular formula is C5H18N2Si2. The molecule has 0 bridgehead atoms. The summed E-state index contributed by atoms with van der Waals surface area (Å²) in [5, 5.41) is 0. The maximum absolute atomic E-state index is 2.39. The molecule has 0 amide bonds. The number of hydrogen-bond donors (Lipinski definition) is 0. The van der Waals surface area contributed by atoms with Crippen LogP contribution in [0.1, 0.15) is 0 Å². The van der Waals surface area contributed by atoms with Crippen molar-refractivity contribution in [1.82, 2.24) is 9.13 Å². The lowest BCUT2D eigenvalue weighted by molar-refractivity contribution is 0.512. The molecular weight excluding hydrogens is 144 g/mol. The Bertz CT molecular complexity index is 81.0. The largest absolute Gasteiger partial charge is 0.320 e. The summed E-state index contributed by atoms with van der Waals surface area (Å²) in [4.78, 5) is 0. The molecule has 56 valence electrons. The van der Waals surface area contributed by atoms with E-state index >= 15 is 0 Å². The summed E-state index contributed by atoms with van der Waals surface area (Å²) in [6.45, 7) is 2.39. The van der Waals surface area contributed by atoms with Gasteiger partial charge in [-0.05, 0) is 34.7 Å². The molecule has 2 nitrogen and oxygen atoms in total. The summed E-state index contributed by atoms with van der Waals surface area (Å²) in [5.41, 5.74) is 0. The number of hydrogen-bond acceptors (Lipinski definition) is 2. The lowest BCUT2D eigenvalue weighted by Gasteiger charge is -2.36. The first-order valence-electron chi connectivity index (χ1n) is 3.24. The van der Waals surface area contributed by atoms with Gasteiger partial charge in [0.2, 0.25) is 0 Å². The van der Waals surface area contributed by atoms with E-state index < -0.39 is 7.91 Å². The van der Waals surface area contributed by atoms with E-state index in [1.54, 1.807) is 0 Å². The predicted molar refractivity (Wildman–Crippen MR) is 48.9 cm³/mol. The van der Waals surface area contributed by atoms with E-state index in [0.29, 0.717) is 0 Å². The Labute approximate surface area is 62.2 Å². The summed E-state index contributed by atoms with van der Waals surface area (Å²) in [6, 6.07) is 0. The Balaban J connectivity index is 4.01. The van der Waals surface area contributed by atoms with Crippen molar-refractivity contribution in [1.29, 1.82) is 0 Å². The summed E-state index contributed by atoms with van der Waals surface area (Å²) >= 11 is 0. The maximum atomic E-state index is 2.39. The van der Waals surface area contributed by atoms with Gasteiger partial charge in [-0.1, -0.05) is 0 Å². The molecule has 9 heavy (non-hydrogen) atoms. The van der Waals surface area contributed by atoms with Crippen LogP contribution in [-0.2, 0) is 0 Å². The minimum atomic E-state index is -1.05. The molecule has 4 heteroatoms. The molecule has 0 aliphatic carbocycles. The van der Waals surface area contributed by atoms with Gasteiger partial charge in [-0.25, -0.2) is 0 Å². The molecule has 0 aliphatic rings. The Kier molecular flexibility index (Phi) is 3.08. The van der Waals surface area contributed by atoms with Gasteiger partial charge >= 0.3 is 0 Å². The summed E-state index contributed by atoms with van der Waals surface area (Å²) < 4.78 is 4.78.